The van der Waals surface area contributed by atoms with E-state index in [0.717, 1.165) is 35.8 Å². The Morgan fingerprint density at radius 1 is 0.649 bits per heavy atom. The molecule has 0 heterocycles. The number of hydrogen-bond donors (Lipinski definition) is 0. The Morgan fingerprint density at radius 2 is 1.54 bits per heavy atom. The molecule has 0 aromatic carbocycles. The lowest BCUT2D eigenvalue weighted by Gasteiger charge is -2.49. The van der Waals surface area contributed by atoms with Gasteiger partial charge in [0.1, 0.15) is 0 Å². The second kappa shape index (κ2) is 12.7. The monoisotopic (exact) mass is 499 g/mol. The van der Waals surface area contributed by atoms with Gasteiger partial charge in [0.2, 0.25) is 0 Å². The van der Waals surface area contributed by atoms with E-state index in [4.69, 9.17) is 0 Å². The summed E-state index contributed by atoms with van der Waals surface area (Å²) in [6.45, 7) is 0. The minimum atomic E-state index is 0.694. The van der Waals surface area contributed by atoms with Gasteiger partial charge in [-0.25, -0.2) is 0 Å². The Labute approximate surface area is 228 Å². The van der Waals surface area contributed by atoms with Crippen LogP contribution in [0.25, 0.3) is 0 Å². The lowest BCUT2D eigenvalue weighted by molar-refractivity contribution is 0.0326. The van der Waals surface area contributed by atoms with E-state index in [1.165, 1.54) is 122 Å². The molecule has 1 nitrogen and oxygen atoms in total. The highest BCUT2D eigenvalue weighted by Gasteiger charge is 2.39. The van der Waals surface area contributed by atoms with Gasteiger partial charge < -0.3 is 0 Å². The number of allylic oxidation sites excluding steroid dienone is 9. The molecule has 0 bridgehead atoms. The molecule has 0 aromatic heterocycles. The molecule has 6 aliphatic carbocycles. The minimum absolute atomic E-state index is 0.694. The van der Waals surface area contributed by atoms with Crippen LogP contribution in [0.15, 0.2) is 59.8 Å². The van der Waals surface area contributed by atoms with Gasteiger partial charge in [-0.2, -0.15) is 0 Å². The molecular weight excluding hydrogens is 446 g/mol. The van der Waals surface area contributed by atoms with Crippen LogP contribution in [0.1, 0.15) is 122 Å². The first-order valence-electron chi connectivity index (χ1n) is 16.5. The van der Waals surface area contributed by atoms with Crippen molar-refractivity contribution in [2.45, 2.75) is 140 Å². The van der Waals surface area contributed by atoms with Gasteiger partial charge in [0.05, 0.1) is 0 Å². The summed E-state index contributed by atoms with van der Waals surface area (Å²) < 4.78 is 0. The van der Waals surface area contributed by atoms with E-state index in [0.29, 0.717) is 6.04 Å². The second-order valence-corrected chi connectivity index (χ2v) is 13.5. The number of nitrogens with zero attached hydrogens (tertiary/aromatic N) is 1. The standard InChI is InChI=1S/C36H53N/c1-4-11-28(12-5-1)31-19-23-34(24-20-31)37(35-25-21-32(22-26-35)29-13-6-2-7-14-29)36-18-10-17-33(27-36)30-15-8-3-9-16-30/h3-4,8,11-12,15,21,25,29,31-36H,1-2,5-7,9-10,13-14,16-20,22-24,26-27H2. The van der Waals surface area contributed by atoms with Crippen molar-refractivity contribution in [3.05, 3.63) is 59.8 Å². The van der Waals surface area contributed by atoms with Crippen LogP contribution in [0.2, 0.25) is 0 Å². The van der Waals surface area contributed by atoms with Gasteiger partial charge in [-0.3, -0.25) is 4.90 Å². The summed E-state index contributed by atoms with van der Waals surface area (Å²) in [5.74, 6) is 3.52. The molecule has 3 fully saturated rings. The predicted molar refractivity (Wildman–Crippen MR) is 158 cm³/mol. The highest BCUT2D eigenvalue weighted by Crippen LogP contribution is 2.43. The molecule has 1 heteroatoms. The van der Waals surface area contributed by atoms with E-state index in [9.17, 15) is 0 Å². The van der Waals surface area contributed by atoms with E-state index in [-0.39, 0.29) is 0 Å². The summed E-state index contributed by atoms with van der Waals surface area (Å²) in [6.07, 6.45) is 46.8. The summed E-state index contributed by atoms with van der Waals surface area (Å²) in [5.41, 5.74) is 3.43. The first kappa shape index (κ1) is 25.9. The second-order valence-electron chi connectivity index (χ2n) is 13.5. The smallest absolute Gasteiger partial charge is 0.0284 e. The summed E-state index contributed by atoms with van der Waals surface area (Å²) in [4.78, 5) is 3.14. The SMILES string of the molecule is C1=CCCC(C2CCCC(N(C3C=CC(C4CCCCC4)CC3)C3CCC(C4=CCCC=C4)CC3)C2)=C1. The molecule has 0 N–H and O–H groups in total. The maximum atomic E-state index is 3.14. The molecule has 6 aliphatic rings. The van der Waals surface area contributed by atoms with Crippen LogP contribution in [0, 0.1) is 23.7 Å². The third-order valence-electron chi connectivity index (χ3n) is 11.3. The molecule has 6 rings (SSSR count). The van der Waals surface area contributed by atoms with Gasteiger partial charge in [0, 0.05) is 18.1 Å². The third kappa shape index (κ3) is 6.29. The highest BCUT2D eigenvalue weighted by atomic mass is 15.2. The summed E-state index contributed by atoms with van der Waals surface area (Å²) in [7, 11) is 0. The van der Waals surface area contributed by atoms with E-state index in [2.05, 4.69) is 53.5 Å². The van der Waals surface area contributed by atoms with Crippen molar-refractivity contribution in [1.29, 1.82) is 0 Å². The van der Waals surface area contributed by atoms with Crippen LogP contribution in [-0.2, 0) is 0 Å². The molecule has 0 aromatic rings. The highest BCUT2D eigenvalue weighted by molar-refractivity contribution is 5.25. The molecule has 0 spiro atoms. The maximum Gasteiger partial charge on any atom is 0.0284 e. The van der Waals surface area contributed by atoms with Crippen molar-refractivity contribution >= 4 is 0 Å². The fourth-order valence-corrected chi connectivity index (χ4v) is 9.25. The topological polar surface area (TPSA) is 3.24 Å². The van der Waals surface area contributed by atoms with Crippen molar-refractivity contribution < 1.29 is 0 Å². The van der Waals surface area contributed by atoms with Crippen molar-refractivity contribution in [2.75, 3.05) is 0 Å². The number of rotatable bonds is 6. The average molecular weight is 500 g/mol. The third-order valence-corrected chi connectivity index (χ3v) is 11.3. The van der Waals surface area contributed by atoms with Crippen LogP contribution in [0.4, 0.5) is 0 Å². The van der Waals surface area contributed by atoms with Gasteiger partial charge in [-0.1, -0.05) is 79.9 Å². The quantitative estimate of drug-likeness (QED) is 0.329. The summed E-state index contributed by atoms with van der Waals surface area (Å²) in [5, 5.41) is 0. The van der Waals surface area contributed by atoms with Crippen molar-refractivity contribution in [2.24, 2.45) is 23.7 Å². The van der Waals surface area contributed by atoms with Gasteiger partial charge in [-0.15, -0.1) is 0 Å². The Kier molecular flexibility index (Phi) is 8.88. The van der Waals surface area contributed by atoms with Crippen LogP contribution in [-0.4, -0.2) is 23.0 Å². The van der Waals surface area contributed by atoms with Crippen molar-refractivity contribution in [3.8, 4) is 0 Å². The Hall–Kier alpha value is -1.34. The molecular formula is C36H53N. The molecule has 4 atom stereocenters. The molecule has 202 valence electrons. The van der Waals surface area contributed by atoms with Gasteiger partial charge >= 0.3 is 0 Å². The van der Waals surface area contributed by atoms with E-state index in [1.54, 1.807) is 11.1 Å². The first-order chi connectivity index (χ1) is 18.3. The van der Waals surface area contributed by atoms with Gasteiger partial charge in [0.15, 0.2) is 0 Å². The molecule has 0 radical (unpaired) electrons. The predicted octanol–water partition coefficient (Wildman–Crippen LogP) is 9.87. The zero-order valence-corrected chi connectivity index (χ0v) is 23.5. The lowest BCUT2D eigenvalue weighted by atomic mass is 9.73. The average Bonchev–Trinajstić information content (AvgIpc) is 3.00. The van der Waals surface area contributed by atoms with Crippen LogP contribution < -0.4 is 0 Å². The van der Waals surface area contributed by atoms with E-state index in [1.807, 2.05) is 0 Å². The van der Waals surface area contributed by atoms with Crippen molar-refractivity contribution in [3.63, 3.8) is 0 Å². The fraction of sp³-hybridized carbons (Fsp3) is 0.722. The lowest BCUT2D eigenvalue weighted by Crippen LogP contribution is -2.52. The maximum absolute atomic E-state index is 3.14. The minimum Gasteiger partial charge on any atom is -0.291 e. The van der Waals surface area contributed by atoms with Crippen LogP contribution in [0.5, 0.6) is 0 Å². The molecule has 3 saturated carbocycles. The molecule has 37 heavy (non-hydrogen) atoms. The van der Waals surface area contributed by atoms with Gasteiger partial charge in [0.25, 0.3) is 0 Å². The molecule has 4 unspecified atom stereocenters. The van der Waals surface area contributed by atoms with Gasteiger partial charge in [-0.05, 0) is 126 Å². The Bertz CT molecular complexity index is 888. The zero-order valence-electron chi connectivity index (χ0n) is 23.5. The molecule has 0 amide bonds. The Morgan fingerprint density at radius 3 is 2.27 bits per heavy atom. The molecule has 0 saturated heterocycles. The van der Waals surface area contributed by atoms with Crippen LogP contribution in [0.3, 0.4) is 0 Å². The Balaban J connectivity index is 1.17. The van der Waals surface area contributed by atoms with E-state index >= 15 is 0 Å². The number of hydrogen-bond acceptors (Lipinski definition) is 1. The zero-order chi connectivity index (χ0) is 24.9. The normalized spacial score (nSPS) is 37.4. The molecule has 0 aliphatic heterocycles. The van der Waals surface area contributed by atoms with E-state index < -0.39 is 0 Å². The van der Waals surface area contributed by atoms with Crippen molar-refractivity contribution in [1.82, 2.24) is 4.90 Å². The largest absolute Gasteiger partial charge is 0.291 e. The first-order valence-corrected chi connectivity index (χ1v) is 16.5. The fourth-order valence-electron chi connectivity index (χ4n) is 9.25. The summed E-state index contributed by atoms with van der Waals surface area (Å²) >= 11 is 0. The summed E-state index contributed by atoms with van der Waals surface area (Å²) in [6, 6.07) is 2.29. The van der Waals surface area contributed by atoms with Crippen LogP contribution >= 0.6 is 0 Å².